The van der Waals surface area contributed by atoms with E-state index in [0.29, 0.717) is 12.3 Å². The van der Waals surface area contributed by atoms with E-state index in [0.717, 1.165) is 51.4 Å². The zero-order chi connectivity index (χ0) is 19.4. The van der Waals surface area contributed by atoms with E-state index in [2.05, 4.69) is 19.2 Å². The van der Waals surface area contributed by atoms with Gasteiger partial charge in [-0.3, -0.25) is 4.79 Å². The number of nitrogens with one attached hydrogen (secondary N) is 1. The van der Waals surface area contributed by atoms with Crippen molar-refractivity contribution in [2.45, 2.75) is 90.4 Å². The first kappa shape index (κ1) is 19.6. The van der Waals surface area contributed by atoms with Gasteiger partial charge in [-0.05, 0) is 79.4 Å². The largest absolute Gasteiger partial charge is 0.359 e. The zero-order valence-corrected chi connectivity index (χ0v) is 17.3. The SMILES string of the molecule is CNC(=O)CCC1CCC2C3C(CCC12C)C1(C)CCCCC1CC3(F)F. The van der Waals surface area contributed by atoms with Crippen LogP contribution in [0.2, 0.25) is 0 Å². The molecule has 0 aliphatic heterocycles. The third kappa shape index (κ3) is 2.95. The Kier molecular flexibility index (Phi) is 4.87. The highest BCUT2D eigenvalue weighted by Crippen LogP contribution is 2.70. The lowest BCUT2D eigenvalue weighted by Crippen LogP contribution is -2.60. The number of carbonyl (C=O) groups excluding carboxylic acids is 1. The third-order valence-electron chi connectivity index (χ3n) is 9.77. The quantitative estimate of drug-likeness (QED) is 0.657. The van der Waals surface area contributed by atoms with Gasteiger partial charge < -0.3 is 5.32 Å². The molecule has 0 saturated heterocycles. The Morgan fingerprint density at radius 2 is 1.74 bits per heavy atom. The summed E-state index contributed by atoms with van der Waals surface area (Å²) in [4.78, 5) is 11.7. The number of hydrogen-bond donors (Lipinski definition) is 1. The van der Waals surface area contributed by atoms with Crippen molar-refractivity contribution in [3.8, 4) is 0 Å². The number of halogens is 2. The van der Waals surface area contributed by atoms with E-state index in [1.54, 1.807) is 7.05 Å². The molecule has 0 bridgehead atoms. The highest BCUT2D eigenvalue weighted by Gasteiger charge is 2.67. The number of rotatable bonds is 3. The van der Waals surface area contributed by atoms with Gasteiger partial charge in [-0.25, -0.2) is 8.78 Å². The van der Waals surface area contributed by atoms with E-state index in [9.17, 15) is 4.79 Å². The molecule has 27 heavy (non-hydrogen) atoms. The Labute approximate surface area is 163 Å². The summed E-state index contributed by atoms with van der Waals surface area (Å²) >= 11 is 0. The van der Waals surface area contributed by atoms with Crippen LogP contribution in [-0.2, 0) is 4.79 Å². The molecule has 4 fully saturated rings. The molecule has 1 amide bonds. The third-order valence-corrected chi connectivity index (χ3v) is 9.77. The van der Waals surface area contributed by atoms with Crippen LogP contribution in [-0.4, -0.2) is 18.9 Å². The molecule has 0 radical (unpaired) electrons. The number of amides is 1. The van der Waals surface area contributed by atoms with Crippen LogP contribution in [0.3, 0.4) is 0 Å². The minimum absolute atomic E-state index is 0.00349. The molecule has 154 valence electrons. The van der Waals surface area contributed by atoms with Crippen LogP contribution in [0.25, 0.3) is 0 Å². The van der Waals surface area contributed by atoms with Gasteiger partial charge in [-0.1, -0.05) is 26.7 Å². The number of alkyl halides is 2. The monoisotopic (exact) mass is 381 g/mol. The molecular weight excluding hydrogens is 344 g/mol. The standard InChI is InChI=1S/C23H37F2NO/c1-21-12-5-4-6-16(21)14-23(24,25)20-17-9-7-15(8-10-19(27)26-3)22(17,2)13-11-18(20)21/h15-18,20H,4-14H2,1-3H3,(H,26,27). The Balaban J connectivity index is 1.60. The topological polar surface area (TPSA) is 29.1 Å². The molecule has 0 aromatic carbocycles. The summed E-state index contributed by atoms with van der Waals surface area (Å²) in [7, 11) is 1.68. The van der Waals surface area contributed by atoms with Crippen molar-refractivity contribution in [3.63, 3.8) is 0 Å². The maximum atomic E-state index is 15.5. The minimum Gasteiger partial charge on any atom is -0.359 e. The van der Waals surface area contributed by atoms with E-state index >= 15 is 8.78 Å². The lowest BCUT2D eigenvalue weighted by Gasteiger charge is -2.62. The van der Waals surface area contributed by atoms with Crippen LogP contribution in [0.15, 0.2) is 0 Å². The van der Waals surface area contributed by atoms with Gasteiger partial charge >= 0.3 is 0 Å². The predicted molar refractivity (Wildman–Crippen MR) is 103 cm³/mol. The smallest absolute Gasteiger partial charge is 0.251 e. The molecule has 4 saturated carbocycles. The van der Waals surface area contributed by atoms with Gasteiger partial charge in [0.2, 0.25) is 5.91 Å². The zero-order valence-electron chi connectivity index (χ0n) is 17.3. The Morgan fingerprint density at radius 1 is 1.00 bits per heavy atom. The maximum Gasteiger partial charge on any atom is 0.251 e. The van der Waals surface area contributed by atoms with E-state index in [4.69, 9.17) is 0 Å². The van der Waals surface area contributed by atoms with Gasteiger partial charge in [0.15, 0.2) is 0 Å². The van der Waals surface area contributed by atoms with Gasteiger partial charge in [-0.15, -0.1) is 0 Å². The molecule has 0 heterocycles. The summed E-state index contributed by atoms with van der Waals surface area (Å²) in [6, 6.07) is 0. The van der Waals surface area contributed by atoms with Crippen molar-refractivity contribution in [1.82, 2.24) is 5.32 Å². The average Bonchev–Trinajstić information content (AvgIpc) is 2.96. The Bertz CT molecular complexity index is 593. The summed E-state index contributed by atoms with van der Waals surface area (Å²) < 4.78 is 31.0. The summed E-state index contributed by atoms with van der Waals surface area (Å²) in [5.41, 5.74) is 0.128. The molecule has 4 heteroatoms. The van der Waals surface area contributed by atoms with Crippen LogP contribution in [0.5, 0.6) is 0 Å². The molecule has 0 spiro atoms. The molecule has 7 unspecified atom stereocenters. The van der Waals surface area contributed by atoms with Crippen LogP contribution in [0.1, 0.15) is 84.5 Å². The lowest BCUT2D eigenvalue weighted by molar-refractivity contribution is -0.231. The normalized spacial score (nSPS) is 48.3. The van der Waals surface area contributed by atoms with E-state index in [1.807, 2.05) is 0 Å². The second-order valence-electron chi connectivity index (χ2n) is 10.7. The summed E-state index contributed by atoms with van der Waals surface area (Å²) in [6.45, 7) is 4.63. The first-order valence-corrected chi connectivity index (χ1v) is 11.3. The van der Waals surface area contributed by atoms with Crippen molar-refractivity contribution in [2.24, 2.45) is 40.4 Å². The summed E-state index contributed by atoms with van der Waals surface area (Å²) in [6.07, 6.45) is 10.0. The number of carbonyl (C=O) groups is 1. The highest BCUT2D eigenvalue weighted by molar-refractivity contribution is 5.75. The van der Waals surface area contributed by atoms with Gasteiger partial charge in [0.1, 0.15) is 0 Å². The molecule has 7 atom stereocenters. The first-order valence-electron chi connectivity index (χ1n) is 11.3. The van der Waals surface area contributed by atoms with Gasteiger partial charge in [0.05, 0.1) is 0 Å². The van der Waals surface area contributed by atoms with Crippen molar-refractivity contribution in [1.29, 1.82) is 0 Å². The molecule has 4 rings (SSSR count). The Morgan fingerprint density at radius 3 is 2.48 bits per heavy atom. The van der Waals surface area contributed by atoms with Crippen molar-refractivity contribution in [3.05, 3.63) is 0 Å². The molecule has 4 aliphatic rings. The fourth-order valence-electron chi connectivity index (χ4n) is 8.20. The highest BCUT2D eigenvalue weighted by atomic mass is 19.3. The molecule has 4 aliphatic carbocycles. The van der Waals surface area contributed by atoms with Crippen molar-refractivity contribution < 1.29 is 13.6 Å². The maximum absolute atomic E-state index is 15.5. The van der Waals surface area contributed by atoms with Crippen molar-refractivity contribution >= 4 is 5.91 Å². The number of fused-ring (bicyclic) bond motifs is 5. The van der Waals surface area contributed by atoms with E-state index < -0.39 is 11.8 Å². The first-order chi connectivity index (χ1) is 12.7. The lowest BCUT2D eigenvalue weighted by atomic mass is 9.44. The van der Waals surface area contributed by atoms with Crippen LogP contribution in [0.4, 0.5) is 8.78 Å². The average molecular weight is 382 g/mol. The molecule has 2 nitrogen and oxygen atoms in total. The van der Waals surface area contributed by atoms with Crippen LogP contribution < -0.4 is 5.32 Å². The van der Waals surface area contributed by atoms with Gasteiger partial charge in [0, 0.05) is 25.8 Å². The van der Waals surface area contributed by atoms with E-state index in [-0.39, 0.29) is 40.9 Å². The fourth-order valence-corrected chi connectivity index (χ4v) is 8.20. The number of hydrogen-bond acceptors (Lipinski definition) is 1. The van der Waals surface area contributed by atoms with E-state index in [1.165, 1.54) is 6.42 Å². The fraction of sp³-hybridized carbons (Fsp3) is 0.957. The molecule has 0 aromatic rings. The van der Waals surface area contributed by atoms with Crippen LogP contribution in [0, 0.1) is 40.4 Å². The second-order valence-corrected chi connectivity index (χ2v) is 10.7. The summed E-state index contributed by atoms with van der Waals surface area (Å²) in [5.74, 6) is -1.88. The molecular formula is C23H37F2NO. The predicted octanol–water partition coefficient (Wildman–Crippen LogP) is 5.81. The second kappa shape index (κ2) is 6.69. The van der Waals surface area contributed by atoms with Gasteiger partial charge in [-0.2, -0.15) is 0 Å². The minimum atomic E-state index is -2.51. The Hall–Kier alpha value is -0.670. The molecule has 0 aromatic heterocycles. The molecule has 1 N–H and O–H groups in total. The van der Waals surface area contributed by atoms with Crippen molar-refractivity contribution in [2.75, 3.05) is 7.05 Å². The summed E-state index contributed by atoms with van der Waals surface area (Å²) in [5, 5.41) is 2.71. The van der Waals surface area contributed by atoms with Crippen LogP contribution >= 0.6 is 0 Å². The van der Waals surface area contributed by atoms with Gasteiger partial charge in [0.25, 0.3) is 5.92 Å².